The van der Waals surface area contributed by atoms with Crippen LogP contribution in [0, 0.1) is 0 Å². The number of nitrogens with one attached hydrogen (secondary N) is 1. The van der Waals surface area contributed by atoms with Crippen LogP contribution in [0.4, 0.5) is 10.8 Å². The van der Waals surface area contributed by atoms with E-state index < -0.39 is 0 Å². The first-order valence-corrected chi connectivity index (χ1v) is 7.20. The monoisotopic (exact) mass is 311 g/mol. The second-order valence-corrected chi connectivity index (χ2v) is 5.63. The first-order chi connectivity index (χ1) is 9.45. The molecule has 0 radical (unpaired) electrons. The number of rotatable bonds is 4. The number of ether oxygens (including phenoxy) is 1. The molecule has 1 heterocycles. The lowest BCUT2D eigenvalue weighted by Crippen LogP contribution is -2.12. The lowest BCUT2D eigenvalue weighted by molar-refractivity contribution is 0.102. The van der Waals surface area contributed by atoms with Gasteiger partial charge in [-0.1, -0.05) is 11.6 Å². The molecule has 7 heteroatoms. The number of carbonyl (C=O) groups is 1. The number of anilines is 2. The van der Waals surface area contributed by atoms with E-state index in [1.54, 1.807) is 23.6 Å². The predicted molar refractivity (Wildman–Crippen MR) is 81.7 cm³/mol. The number of amides is 1. The van der Waals surface area contributed by atoms with Crippen LogP contribution >= 0.6 is 22.9 Å². The fourth-order valence-corrected chi connectivity index (χ4v) is 2.28. The van der Waals surface area contributed by atoms with Gasteiger partial charge in [-0.25, -0.2) is 4.98 Å². The molecule has 0 aliphatic rings. The number of hydrogen-bond donors (Lipinski definition) is 2. The normalized spacial score (nSPS) is 10.6. The van der Waals surface area contributed by atoms with E-state index in [-0.39, 0.29) is 17.7 Å². The molecule has 0 bridgehead atoms. The summed E-state index contributed by atoms with van der Waals surface area (Å²) in [4.78, 5) is 15.8. The summed E-state index contributed by atoms with van der Waals surface area (Å²) in [5.74, 6) is 0.254. The Morgan fingerprint density at radius 2 is 2.25 bits per heavy atom. The number of benzene rings is 1. The van der Waals surface area contributed by atoms with Crippen LogP contribution in [0.25, 0.3) is 0 Å². The van der Waals surface area contributed by atoms with E-state index in [1.807, 2.05) is 13.8 Å². The van der Waals surface area contributed by atoms with E-state index >= 15 is 0 Å². The Morgan fingerprint density at radius 3 is 2.80 bits per heavy atom. The van der Waals surface area contributed by atoms with E-state index in [2.05, 4.69) is 10.3 Å². The van der Waals surface area contributed by atoms with Crippen molar-refractivity contribution in [2.45, 2.75) is 20.0 Å². The molecule has 0 saturated carbocycles. The van der Waals surface area contributed by atoms with Crippen molar-refractivity contribution in [2.24, 2.45) is 0 Å². The number of thiazole rings is 1. The van der Waals surface area contributed by atoms with Gasteiger partial charge in [0.25, 0.3) is 5.91 Å². The summed E-state index contributed by atoms with van der Waals surface area (Å²) in [5, 5.41) is 5.10. The highest BCUT2D eigenvalue weighted by atomic mass is 35.5. The number of carbonyl (C=O) groups excluding carboxylic acids is 1. The van der Waals surface area contributed by atoms with Crippen LogP contribution in [0.15, 0.2) is 23.6 Å². The van der Waals surface area contributed by atoms with E-state index in [0.717, 1.165) is 0 Å². The Morgan fingerprint density at radius 1 is 1.50 bits per heavy atom. The molecule has 2 aromatic rings. The molecule has 0 aliphatic carbocycles. The van der Waals surface area contributed by atoms with Gasteiger partial charge in [-0.15, -0.1) is 11.3 Å². The van der Waals surface area contributed by atoms with Crippen molar-refractivity contribution in [2.75, 3.05) is 11.1 Å². The third-order valence-electron chi connectivity index (χ3n) is 2.31. The van der Waals surface area contributed by atoms with Crippen LogP contribution in [-0.4, -0.2) is 17.0 Å². The maximum atomic E-state index is 11.9. The maximum absolute atomic E-state index is 11.9. The number of nitrogen functional groups attached to an aromatic ring is 1. The molecular weight excluding hydrogens is 298 g/mol. The summed E-state index contributed by atoms with van der Waals surface area (Å²) < 4.78 is 5.52. The Balaban J connectivity index is 2.10. The molecule has 1 aromatic carbocycles. The third kappa shape index (κ3) is 3.61. The molecule has 0 saturated heterocycles. The Hall–Kier alpha value is -1.79. The van der Waals surface area contributed by atoms with Crippen molar-refractivity contribution in [1.82, 2.24) is 4.98 Å². The van der Waals surface area contributed by atoms with Gasteiger partial charge in [0.2, 0.25) is 0 Å². The Bertz CT molecular complexity index is 628. The zero-order chi connectivity index (χ0) is 14.7. The number of aromatic nitrogens is 1. The van der Waals surface area contributed by atoms with Gasteiger partial charge in [0, 0.05) is 11.1 Å². The largest absolute Gasteiger partial charge is 0.489 e. The van der Waals surface area contributed by atoms with Gasteiger partial charge in [0.15, 0.2) is 5.13 Å². The van der Waals surface area contributed by atoms with Crippen molar-refractivity contribution >= 4 is 39.7 Å². The summed E-state index contributed by atoms with van der Waals surface area (Å²) in [6, 6.07) is 5.07. The van der Waals surface area contributed by atoms with Gasteiger partial charge in [0.05, 0.1) is 11.1 Å². The van der Waals surface area contributed by atoms with Crippen LogP contribution in [0.3, 0.4) is 0 Å². The maximum Gasteiger partial charge on any atom is 0.275 e. The molecule has 1 aromatic heterocycles. The minimum absolute atomic E-state index is 0.0333. The fraction of sp³-hybridized carbons (Fsp3) is 0.231. The van der Waals surface area contributed by atoms with Crippen LogP contribution < -0.4 is 15.8 Å². The SMILES string of the molecule is CC(C)Oc1ccc(NC(=O)c2csc(N)n2)cc1Cl. The lowest BCUT2D eigenvalue weighted by Gasteiger charge is -2.12. The third-order valence-corrected chi connectivity index (χ3v) is 3.28. The molecule has 3 N–H and O–H groups in total. The molecule has 106 valence electrons. The molecule has 5 nitrogen and oxygen atoms in total. The quantitative estimate of drug-likeness (QED) is 0.907. The molecule has 0 unspecified atom stereocenters. The summed E-state index contributed by atoms with van der Waals surface area (Å²) >= 11 is 7.31. The summed E-state index contributed by atoms with van der Waals surface area (Å²) in [6.45, 7) is 3.83. The number of nitrogens with zero attached hydrogens (tertiary/aromatic N) is 1. The zero-order valence-electron chi connectivity index (χ0n) is 11.0. The molecule has 1 amide bonds. The second kappa shape index (κ2) is 6.11. The molecule has 0 spiro atoms. The minimum Gasteiger partial charge on any atom is -0.489 e. The van der Waals surface area contributed by atoms with E-state index in [1.165, 1.54) is 11.3 Å². The highest BCUT2D eigenvalue weighted by molar-refractivity contribution is 7.13. The number of hydrogen-bond acceptors (Lipinski definition) is 5. The van der Waals surface area contributed by atoms with E-state index in [4.69, 9.17) is 22.1 Å². The van der Waals surface area contributed by atoms with E-state index in [0.29, 0.717) is 21.6 Å². The summed E-state index contributed by atoms with van der Waals surface area (Å²) in [6.07, 6.45) is 0.0333. The second-order valence-electron chi connectivity index (χ2n) is 4.34. The molecule has 0 atom stereocenters. The van der Waals surface area contributed by atoms with Gasteiger partial charge in [-0.2, -0.15) is 0 Å². The lowest BCUT2D eigenvalue weighted by atomic mass is 10.3. The zero-order valence-corrected chi connectivity index (χ0v) is 12.6. The highest BCUT2D eigenvalue weighted by Crippen LogP contribution is 2.28. The van der Waals surface area contributed by atoms with Gasteiger partial charge in [0.1, 0.15) is 11.4 Å². The fourth-order valence-electron chi connectivity index (χ4n) is 1.52. The first-order valence-electron chi connectivity index (χ1n) is 5.94. The van der Waals surface area contributed by atoms with Gasteiger partial charge in [-0.3, -0.25) is 4.79 Å². The van der Waals surface area contributed by atoms with E-state index in [9.17, 15) is 4.79 Å². The Labute approximate surface area is 125 Å². The van der Waals surface area contributed by atoms with Crippen molar-refractivity contribution in [1.29, 1.82) is 0 Å². The minimum atomic E-state index is -0.327. The van der Waals surface area contributed by atoms with Crippen LogP contribution in [0.2, 0.25) is 5.02 Å². The van der Waals surface area contributed by atoms with Gasteiger partial charge >= 0.3 is 0 Å². The smallest absolute Gasteiger partial charge is 0.275 e. The first kappa shape index (κ1) is 14.6. The van der Waals surface area contributed by atoms with Crippen molar-refractivity contribution in [3.05, 3.63) is 34.3 Å². The average Bonchev–Trinajstić information content (AvgIpc) is 2.79. The Kier molecular flexibility index (Phi) is 4.46. The van der Waals surface area contributed by atoms with Crippen LogP contribution in [-0.2, 0) is 0 Å². The number of halogens is 1. The molecule has 20 heavy (non-hydrogen) atoms. The summed E-state index contributed by atoms with van der Waals surface area (Å²) in [5.41, 5.74) is 6.35. The standard InChI is InChI=1S/C13H14ClN3O2S/c1-7(2)19-11-4-3-8(5-9(11)14)16-12(18)10-6-20-13(15)17-10/h3-7H,1-2H3,(H2,15,17)(H,16,18). The van der Waals surface area contributed by atoms with Gasteiger partial charge < -0.3 is 15.8 Å². The van der Waals surface area contributed by atoms with Crippen molar-refractivity contribution < 1.29 is 9.53 Å². The van der Waals surface area contributed by atoms with Crippen LogP contribution in [0.5, 0.6) is 5.75 Å². The van der Waals surface area contributed by atoms with Crippen LogP contribution in [0.1, 0.15) is 24.3 Å². The predicted octanol–water partition coefficient (Wildman–Crippen LogP) is 3.42. The van der Waals surface area contributed by atoms with Crippen molar-refractivity contribution in [3.63, 3.8) is 0 Å². The summed E-state index contributed by atoms with van der Waals surface area (Å²) in [7, 11) is 0. The average molecular weight is 312 g/mol. The molecule has 2 rings (SSSR count). The molecule has 0 fully saturated rings. The van der Waals surface area contributed by atoms with Gasteiger partial charge in [-0.05, 0) is 32.0 Å². The molecule has 0 aliphatic heterocycles. The molecular formula is C13H14ClN3O2S. The highest BCUT2D eigenvalue weighted by Gasteiger charge is 2.11. The number of nitrogens with two attached hydrogens (primary N) is 1. The topological polar surface area (TPSA) is 77.2 Å². The van der Waals surface area contributed by atoms with Crippen molar-refractivity contribution in [3.8, 4) is 5.75 Å².